The fourth-order valence-electron chi connectivity index (χ4n) is 3.19. The van der Waals surface area contributed by atoms with Gasteiger partial charge in [0.15, 0.2) is 0 Å². The van der Waals surface area contributed by atoms with Crippen LogP contribution in [-0.4, -0.2) is 19.5 Å². The minimum atomic E-state index is 0.0809. The van der Waals surface area contributed by atoms with E-state index in [1.165, 1.54) is 24.0 Å². The molecule has 2 N–H and O–H groups in total. The Morgan fingerprint density at radius 1 is 1.40 bits per heavy atom. The third kappa shape index (κ3) is 3.21. The van der Waals surface area contributed by atoms with Crippen molar-refractivity contribution in [1.82, 2.24) is 10.6 Å². The molecule has 0 radical (unpaired) electrons. The fourth-order valence-corrected chi connectivity index (χ4v) is 3.19. The Bertz CT molecular complexity index is 470. The number of rotatable bonds is 5. The highest BCUT2D eigenvalue weighted by atomic mass is 16.1. The van der Waals surface area contributed by atoms with Crippen molar-refractivity contribution >= 4 is 5.91 Å². The van der Waals surface area contributed by atoms with Crippen LogP contribution in [0.4, 0.5) is 0 Å². The van der Waals surface area contributed by atoms with Gasteiger partial charge in [-0.2, -0.15) is 0 Å². The zero-order valence-corrected chi connectivity index (χ0v) is 12.8. The molecule has 0 spiro atoms. The Morgan fingerprint density at radius 3 is 2.90 bits per heavy atom. The molecular formula is C17H26N2O. The molecule has 110 valence electrons. The van der Waals surface area contributed by atoms with Crippen LogP contribution < -0.4 is 10.6 Å². The van der Waals surface area contributed by atoms with E-state index >= 15 is 0 Å². The van der Waals surface area contributed by atoms with Gasteiger partial charge in [-0.25, -0.2) is 0 Å². The Labute approximate surface area is 122 Å². The standard InChI is InChI=1S/C17H26N2O/c1-4-6-12(2)16(18-3)14-9-8-13-7-5-10-19-17(20)15(13)11-14/h8-9,11-12,16,18H,4-7,10H2,1-3H3,(H,19,20). The normalized spacial score (nSPS) is 17.9. The van der Waals surface area contributed by atoms with Gasteiger partial charge >= 0.3 is 0 Å². The number of hydrogen-bond donors (Lipinski definition) is 2. The van der Waals surface area contributed by atoms with Crippen LogP contribution in [0.3, 0.4) is 0 Å². The molecule has 20 heavy (non-hydrogen) atoms. The number of aryl methyl sites for hydroxylation is 1. The molecule has 0 bridgehead atoms. The molecule has 1 amide bonds. The summed E-state index contributed by atoms with van der Waals surface area (Å²) in [7, 11) is 2.00. The molecule has 3 nitrogen and oxygen atoms in total. The predicted molar refractivity (Wildman–Crippen MR) is 83.0 cm³/mol. The first-order chi connectivity index (χ1) is 9.67. The van der Waals surface area contributed by atoms with Crippen molar-refractivity contribution in [1.29, 1.82) is 0 Å². The monoisotopic (exact) mass is 274 g/mol. The van der Waals surface area contributed by atoms with Crippen LogP contribution in [0.25, 0.3) is 0 Å². The van der Waals surface area contributed by atoms with Crippen molar-refractivity contribution in [3.05, 3.63) is 34.9 Å². The topological polar surface area (TPSA) is 41.1 Å². The molecule has 0 aliphatic carbocycles. The van der Waals surface area contributed by atoms with Crippen LogP contribution in [0.15, 0.2) is 18.2 Å². The summed E-state index contributed by atoms with van der Waals surface area (Å²) in [5.41, 5.74) is 3.27. The van der Waals surface area contributed by atoms with Crippen LogP contribution in [0, 0.1) is 5.92 Å². The highest BCUT2D eigenvalue weighted by molar-refractivity contribution is 5.96. The lowest BCUT2D eigenvalue weighted by Gasteiger charge is -2.24. The molecular weight excluding hydrogens is 248 g/mol. The Hall–Kier alpha value is -1.35. The quantitative estimate of drug-likeness (QED) is 0.866. The summed E-state index contributed by atoms with van der Waals surface area (Å²) in [6.45, 7) is 5.27. The maximum Gasteiger partial charge on any atom is 0.251 e. The molecule has 3 heteroatoms. The first-order valence-corrected chi connectivity index (χ1v) is 7.75. The molecule has 0 saturated carbocycles. The van der Waals surface area contributed by atoms with Gasteiger partial charge in [0, 0.05) is 18.2 Å². The van der Waals surface area contributed by atoms with Gasteiger partial charge in [-0.3, -0.25) is 4.79 Å². The van der Waals surface area contributed by atoms with Crippen LogP contribution in [0.1, 0.15) is 60.6 Å². The second kappa shape index (κ2) is 6.89. The van der Waals surface area contributed by atoms with Gasteiger partial charge in [-0.15, -0.1) is 0 Å². The third-order valence-electron chi connectivity index (χ3n) is 4.27. The summed E-state index contributed by atoms with van der Waals surface area (Å²) in [5.74, 6) is 0.647. The van der Waals surface area contributed by atoms with Crippen LogP contribution >= 0.6 is 0 Å². The molecule has 0 fully saturated rings. The van der Waals surface area contributed by atoms with Crippen molar-refractivity contribution in [3.63, 3.8) is 0 Å². The summed E-state index contributed by atoms with van der Waals surface area (Å²) in [4.78, 5) is 12.1. The van der Waals surface area contributed by atoms with Crippen molar-refractivity contribution in [2.75, 3.05) is 13.6 Å². The number of hydrogen-bond acceptors (Lipinski definition) is 2. The maximum absolute atomic E-state index is 12.1. The molecule has 0 aromatic heterocycles. The van der Waals surface area contributed by atoms with Crippen molar-refractivity contribution in [3.8, 4) is 0 Å². The van der Waals surface area contributed by atoms with Gasteiger partial charge in [0.25, 0.3) is 5.91 Å². The van der Waals surface area contributed by atoms with E-state index < -0.39 is 0 Å². The summed E-state index contributed by atoms with van der Waals surface area (Å²) >= 11 is 0. The van der Waals surface area contributed by atoms with Crippen molar-refractivity contribution < 1.29 is 4.79 Å². The number of fused-ring (bicyclic) bond motifs is 1. The molecule has 1 aromatic carbocycles. The van der Waals surface area contributed by atoms with E-state index in [2.05, 4.69) is 42.7 Å². The van der Waals surface area contributed by atoms with Gasteiger partial charge in [-0.05, 0) is 49.4 Å². The first kappa shape index (κ1) is 15.0. The summed E-state index contributed by atoms with van der Waals surface area (Å²) in [6.07, 6.45) is 4.39. The van der Waals surface area contributed by atoms with Crippen LogP contribution in [0.5, 0.6) is 0 Å². The smallest absolute Gasteiger partial charge is 0.251 e. The average molecular weight is 274 g/mol. The van der Waals surface area contributed by atoms with Crippen molar-refractivity contribution in [2.24, 2.45) is 5.92 Å². The highest BCUT2D eigenvalue weighted by Crippen LogP contribution is 2.27. The van der Waals surface area contributed by atoms with E-state index in [0.717, 1.165) is 24.9 Å². The van der Waals surface area contributed by atoms with E-state index in [9.17, 15) is 4.79 Å². The maximum atomic E-state index is 12.1. The number of nitrogens with one attached hydrogen (secondary N) is 2. The SMILES string of the molecule is CCCC(C)C(NC)c1ccc2c(c1)C(=O)NCCC2. The Kier molecular flexibility index (Phi) is 5.18. The molecule has 0 saturated heterocycles. The molecule has 2 atom stereocenters. The first-order valence-electron chi connectivity index (χ1n) is 7.75. The van der Waals surface area contributed by atoms with Crippen LogP contribution in [-0.2, 0) is 6.42 Å². The van der Waals surface area contributed by atoms with Crippen LogP contribution in [0.2, 0.25) is 0 Å². The van der Waals surface area contributed by atoms with E-state index in [-0.39, 0.29) is 5.91 Å². The van der Waals surface area contributed by atoms with Crippen molar-refractivity contribution in [2.45, 2.75) is 45.6 Å². The number of benzene rings is 1. The number of carbonyl (C=O) groups is 1. The fraction of sp³-hybridized carbons (Fsp3) is 0.588. The minimum Gasteiger partial charge on any atom is -0.352 e. The molecule has 1 aromatic rings. The molecule has 2 rings (SSSR count). The number of amides is 1. The largest absolute Gasteiger partial charge is 0.352 e. The van der Waals surface area contributed by atoms with E-state index in [1.807, 2.05) is 7.05 Å². The summed E-state index contributed by atoms with van der Waals surface area (Å²) in [5, 5.41) is 6.39. The molecule has 1 heterocycles. The van der Waals surface area contributed by atoms with E-state index in [0.29, 0.717) is 12.0 Å². The predicted octanol–water partition coefficient (Wildman–Crippen LogP) is 3.06. The molecule has 1 aliphatic rings. The van der Waals surface area contributed by atoms with Gasteiger partial charge < -0.3 is 10.6 Å². The highest BCUT2D eigenvalue weighted by Gasteiger charge is 2.21. The van der Waals surface area contributed by atoms with Gasteiger partial charge in [0.05, 0.1) is 0 Å². The lowest BCUT2D eigenvalue weighted by atomic mass is 9.89. The summed E-state index contributed by atoms with van der Waals surface area (Å²) < 4.78 is 0. The van der Waals surface area contributed by atoms with Gasteiger partial charge in [0.2, 0.25) is 0 Å². The zero-order valence-electron chi connectivity index (χ0n) is 12.8. The zero-order chi connectivity index (χ0) is 14.5. The third-order valence-corrected chi connectivity index (χ3v) is 4.27. The molecule has 1 aliphatic heterocycles. The van der Waals surface area contributed by atoms with E-state index in [4.69, 9.17) is 0 Å². The Morgan fingerprint density at radius 2 is 2.20 bits per heavy atom. The Balaban J connectivity index is 2.31. The lowest BCUT2D eigenvalue weighted by Crippen LogP contribution is -2.25. The average Bonchev–Trinajstić information content (AvgIpc) is 2.62. The van der Waals surface area contributed by atoms with Gasteiger partial charge in [0.1, 0.15) is 0 Å². The summed E-state index contributed by atoms with van der Waals surface area (Å²) in [6, 6.07) is 6.73. The van der Waals surface area contributed by atoms with Gasteiger partial charge in [-0.1, -0.05) is 32.4 Å². The minimum absolute atomic E-state index is 0.0809. The molecule has 2 unspecified atom stereocenters. The number of carbonyl (C=O) groups excluding carboxylic acids is 1. The lowest BCUT2D eigenvalue weighted by molar-refractivity contribution is 0.0956. The second-order valence-corrected chi connectivity index (χ2v) is 5.81. The van der Waals surface area contributed by atoms with E-state index in [1.54, 1.807) is 0 Å². The second-order valence-electron chi connectivity index (χ2n) is 5.81.